The monoisotopic (exact) mass is 289 g/mol. The second kappa shape index (κ2) is 9.57. The number of nitrogens with one attached hydrogen (secondary N) is 1. The van der Waals surface area contributed by atoms with Crippen LogP contribution in [-0.2, 0) is 6.42 Å². The van der Waals surface area contributed by atoms with Crippen molar-refractivity contribution in [3.05, 3.63) is 71.8 Å². The molecule has 2 aromatic carbocycles. The molecule has 108 valence electrons. The molecular weight excluding hydrogens is 266 g/mol. The summed E-state index contributed by atoms with van der Waals surface area (Å²) in [6.45, 7) is 3.28. The van der Waals surface area contributed by atoms with E-state index in [-0.39, 0.29) is 12.4 Å². The number of halogens is 1. The molecule has 2 rings (SSSR count). The third-order valence-corrected chi connectivity index (χ3v) is 3.43. The van der Waals surface area contributed by atoms with Gasteiger partial charge in [-0.05, 0) is 30.5 Å². The zero-order valence-corrected chi connectivity index (χ0v) is 12.9. The van der Waals surface area contributed by atoms with Crippen molar-refractivity contribution in [1.29, 1.82) is 0 Å². The molecule has 1 unspecified atom stereocenters. The van der Waals surface area contributed by atoms with Gasteiger partial charge in [-0.1, -0.05) is 74.0 Å². The smallest absolute Gasteiger partial charge is 0.0320 e. The predicted octanol–water partition coefficient (Wildman–Crippen LogP) is 4.78. The Bertz CT molecular complexity index is 455. The minimum absolute atomic E-state index is 0. The quantitative estimate of drug-likeness (QED) is 0.773. The molecule has 0 aliphatic rings. The van der Waals surface area contributed by atoms with Crippen LogP contribution in [-0.4, -0.2) is 6.54 Å². The summed E-state index contributed by atoms with van der Waals surface area (Å²) < 4.78 is 0. The van der Waals surface area contributed by atoms with Gasteiger partial charge >= 0.3 is 0 Å². The average Bonchev–Trinajstić information content (AvgIpc) is 2.48. The summed E-state index contributed by atoms with van der Waals surface area (Å²) in [5, 5.41) is 3.69. The molecule has 1 N–H and O–H groups in total. The summed E-state index contributed by atoms with van der Waals surface area (Å²) in [7, 11) is 0. The van der Waals surface area contributed by atoms with Gasteiger partial charge in [-0.15, -0.1) is 12.4 Å². The lowest BCUT2D eigenvalue weighted by Crippen LogP contribution is -2.23. The molecule has 0 amide bonds. The van der Waals surface area contributed by atoms with E-state index >= 15 is 0 Å². The van der Waals surface area contributed by atoms with Crippen LogP contribution in [0.5, 0.6) is 0 Å². The minimum atomic E-state index is 0. The number of hydrogen-bond acceptors (Lipinski definition) is 1. The fourth-order valence-electron chi connectivity index (χ4n) is 2.40. The van der Waals surface area contributed by atoms with Gasteiger partial charge in [0.05, 0.1) is 0 Å². The molecule has 2 heteroatoms. The Hall–Kier alpha value is -1.31. The van der Waals surface area contributed by atoms with E-state index in [0.717, 1.165) is 13.0 Å². The fourth-order valence-corrected chi connectivity index (χ4v) is 2.40. The van der Waals surface area contributed by atoms with E-state index in [0.29, 0.717) is 6.04 Å². The average molecular weight is 290 g/mol. The lowest BCUT2D eigenvalue weighted by Gasteiger charge is -2.18. The molecule has 2 aromatic rings. The Labute approximate surface area is 128 Å². The van der Waals surface area contributed by atoms with Gasteiger partial charge in [-0.25, -0.2) is 0 Å². The van der Waals surface area contributed by atoms with Gasteiger partial charge in [0.15, 0.2) is 0 Å². The van der Waals surface area contributed by atoms with E-state index in [1.165, 1.54) is 24.0 Å². The van der Waals surface area contributed by atoms with Crippen molar-refractivity contribution in [2.24, 2.45) is 0 Å². The molecule has 0 heterocycles. The summed E-state index contributed by atoms with van der Waals surface area (Å²) in [4.78, 5) is 0. The van der Waals surface area contributed by atoms with E-state index in [2.05, 4.69) is 72.9 Å². The zero-order chi connectivity index (χ0) is 13.3. The van der Waals surface area contributed by atoms with E-state index in [9.17, 15) is 0 Å². The van der Waals surface area contributed by atoms with Crippen molar-refractivity contribution in [2.75, 3.05) is 6.54 Å². The largest absolute Gasteiger partial charge is 0.310 e. The van der Waals surface area contributed by atoms with Crippen LogP contribution in [0.4, 0.5) is 0 Å². The van der Waals surface area contributed by atoms with E-state index in [1.54, 1.807) is 0 Å². The molecule has 0 bridgehead atoms. The Morgan fingerprint density at radius 3 is 2.10 bits per heavy atom. The molecule has 0 aliphatic heterocycles. The van der Waals surface area contributed by atoms with Gasteiger partial charge in [0.1, 0.15) is 0 Å². The number of rotatable bonds is 7. The van der Waals surface area contributed by atoms with E-state index in [4.69, 9.17) is 0 Å². The highest BCUT2D eigenvalue weighted by Crippen LogP contribution is 2.17. The van der Waals surface area contributed by atoms with Crippen molar-refractivity contribution in [2.45, 2.75) is 32.2 Å². The molecule has 0 saturated carbocycles. The number of hydrogen-bond donors (Lipinski definition) is 1. The summed E-state index contributed by atoms with van der Waals surface area (Å²) in [5.41, 5.74) is 2.80. The summed E-state index contributed by atoms with van der Waals surface area (Å²) in [6, 6.07) is 21.9. The lowest BCUT2D eigenvalue weighted by molar-refractivity contribution is 0.497. The topological polar surface area (TPSA) is 12.0 Å². The molecule has 0 aliphatic carbocycles. The van der Waals surface area contributed by atoms with Crippen LogP contribution in [0.15, 0.2) is 60.7 Å². The molecule has 0 saturated heterocycles. The summed E-state index contributed by atoms with van der Waals surface area (Å²) in [5.74, 6) is 0. The van der Waals surface area contributed by atoms with Gasteiger partial charge in [-0.3, -0.25) is 0 Å². The standard InChI is InChI=1S/C18H23N.ClH/c1-2-9-18(17-12-7-4-8-13-17)19-15-14-16-10-5-3-6-11-16;/h3-8,10-13,18-19H,2,9,14-15H2,1H3;1H. The van der Waals surface area contributed by atoms with E-state index in [1.807, 2.05) is 0 Å². The second-order valence-electron chi connectivity index (χ2n) is 4.94. The Balaban J connectivity index is 0.00000200. The first-order valence-corrected chi connectivity index (χ1v) is 7.22. The minimum Gasteiger partial charge on any atom is -0.310 e. The second-order valence-corrected chi connectivity index (χ2v) is 4.94. The van der Waals surface area contributed by atoms with Crippen LogP contribution in [0, 0.1) is 0 Å². The first-order valence-electron chi connectivity index (χ1n) is 7.22. The van der Waals surface area contributed by atoms with Crippen LogP contribution < -0.4 is 5.32 Å². The third kappa shape index (κ3) is 5.36. The van der Waals surface area contributed by atoms with Crippen molar-refractivity contribution >= 4 is 12.4 Å². The van der Waals surface area contributed by atoms with Crippen molar-refractivity contribution in [1.82, 2.24) is 5.32 Å². The number of benzene rings is 2. The highest BCUT2D eigenvalue weighted by molar-refractivity contribution is 5.85. The first kappa shape index (κ1) is 16.7. The SMILES string of the molecule is CCCC(NCCc1ccccc1)c1ccccc1.Cl. The van der Waals surface area contributed by atoms with Crippen LogP contribution in [0.3, 0.4) is 0 Å². The molecular formula is C18H24ClN. The third-order valence-electron chi connectivity index (χ3n) is 3.43. The first-order chi connectivity index (χ1) is 9.40. The molecule has 0 radical (unpaired) electrons. The van der Waals surface area contributed by atoms with Crippen LogP contribution >= 0.6 is 12.4 Å². The lowest BCUT2D eigenvalue weighted by atomic mass is 10.0. The maximum Gasteiger partial charge on any atom is 0.0320 e. The summed E-state index contributed by atoms with van der Waals surface area (Å²) in [6.07, 6.45) is 3.49. The maximum absolute atomic E-state index is 3.69. The van der Waals surface area contributed by atoms with Crippen LogP contribution in [0.2, 0.25) is 0 Å². The molecule has 1 atom stereocenters. The molecule has 0 spiro atoms. The van der Waals surface area contributed by atoms with Crippen molar-refractivity contribution in [3.8, 4) is 0 Å². The highest BCUT2D eigenvalue weighted by Gasteiger charge is 2.08. The predicted molar refractivity (Wildman–Crippen MR) is 89.5 cm³/mol. The Morgan fingerprint density at radius 2 is 1.50 bits per heavy atom. The van der Waals surface area contributed by atoms with Gasteiger partial charge in [-0.2, -0.15) is 0 Å². The normalized spacial score (nSPS) is 11.7. The van der Waals surface area contributed by atoms with E-state index < -0.39 is 0 Å². The highest BCUT2D eigenvalue weighted by atomic mass is 35.5. The van der Waals surface area contributed by atoms with Crippen molar-refractivity contribution in [3.63, 3.8) is 0 Å². The van der Waals surface area contributed by atoms with Gasteiger partial charge in [0.25, 0.3) is 0 Å². The van der Waals surface area contributed by atoms with Crippen LogP contribution in [0.1, 0.15) is 36.9 Å². The fraction of sp³-hybridized carbons (Fsp3) is 0.333. The molecule has 0 fully saturated rings. The van der Waals surface area contributed by atoms with Gasteiger partial charge in [0.2, 0.25) is 0 Å². The summed E-state index contributed by atoms with van der Waals surface area (Å²) >= 11 is 0. The molecule has 1 nitrogen and oxygen atoms in total. The van der Waals surface area contributed by atoms with Crippen molar-refractivity contribution < 1.29 is 0 Å². The zero-order valence-electron chi connectivity index (χ0n) is 12.1. The maximum atomic E-state index is 3.69. The molecule has 0 aromatic heterocycles. The van der Waals surface area contributed by atoms with Gasteiger partial charge < -0.3 is 5.32 Å². The molecule has 20 heavy (non-hydrogen) atoms. The Morgan fingerprint density at radius 1 is 0.900 bits per heavy atom. The Kier molecular flexibility index (Phi) is 8.01. The van der Waals surface area contributed by atoms with Crippen LogP contribution in [0.25, 0.3) is 0 Å². The van der Waals surface area contributed by atoms with Gasteiger partial charge in [0, 0.05) is 6.04 Å².